The molecule has 1 aliphatic heterocycles. The molecule has 2 aromatic rings. The number of carbonyl (C=O) groups is 1. The number of urea groups is 1. The number of ether oxygens (including phenoxy) is 1. The highest BCUT2D eigenvalue weighted by Crippen LogP contribution is 2.25. The number of amides is 2. The van der Waals surface area contributed by atoms with Crippen molar-refractivity contribution in [1.82, 2.24) is 4.90 Å². The quantitative estimate of drug-likeness (QED) is 0.802. The van der Waals surface area contributed by atoms with Gasteiger partial charge in [-0.3, -0.25) is 0 Å². The van der Waals surface area contributed by atoms with Crippen LogP contribution in [0.2, 0.25) is 0 Å². The van der Waals surface area contributed by atoms with Crippen molar-refractivity contribution in [1.29, 1.82) is 0 Å². The number of anilines is 2. The van der Waals surface area contributed by atoms with Crippen LogP contribution in [0.3, 0.4) is 0 Å². The molecule has 0 aromatic heterocycles. The van der Waals surface area contributed by atoms with Crippen LogP contribution in [-0.4, -0.2) is 37.2 Å². The number of rotatable bonds is 6. The summed E-state index contributed by atoms with van der Waals surface area (Å²) in [5, 5.41) is 2.95. The minimum absolute atomic E-state index is 0.122. The van der Waals surface area contributed by atoms with E-state index in [0.717, 1.165) is 24.5 Å². The van der Waals surface area contributed by atoms with Crippen molar-refractivity contribution < 1.29 is 9.53 Å². The smallest absolute Gasteiger partial charge is 0.321 e. The Morgan fingerprint density at radius 1 is 1.11 bits per heavy atom. The second-order valence-corrected chi connectivity index (χ2v) is 7.30. The SMILES string of the molecule is CC(C)Oc1ccc(NC(=O)N(C)Cc2ccccc2N2CCCC2)cc1. The van der Waals surface area contributed by atoms with E-state index in [0.29, 0.717) is 6.54 Å². The van der Waals surface area contributed by atoms with Crippen LogP contribution in [-0.2, 0) is 6.54 Å². The van der Waals surface area contributed by atoms with E-state index in [1.165, 1.54) is 24.1 Å². The number of nitrogens with one attached hydrogen (secondary N) is 1. The van der Waals surface area contributed by atoms with E-state index in [9.17, 15) is 4.79 Å². The average molecular weight is 367 g/mol. The Balaban J connectivity index is 1.61. The minimum atomic E-state index is -0.122. The van der Waals surface area contributed by atoms with Gasteiger partial charge in [0.2, 0.25) is 0 Å². The lowest BCUT2D eigenvalue weighted by molar-refractivity contribution is 0.220. The molecular weight excluding hydrogens is 338 g/mol. The highest BCUT2D eigenvalue weighted by molar-refractivity contribution is 5.89. The van der Waals surface area contributed by atoms with E-state index in [1.807, 2.05) is 51.2 Å². The molecule has 1 saturated heterocycles. The third kappa shape index (κ3) is 5.16. The third-order valence-corrected chi connectivity index (χ3v) is 4.67. The van der Waals surface area contributed by atoms with Crippen LogP contribution in [0.25, 0.3) is 0 Å². The first-order valence-corrected chi connectivity index (χ1v) is 9.64. The van der Waals surface area contributed by atoms with Crippen molar-refractivity contribution >= 4 is 17.4 Å². The lowest BCUT2D eigenvalue weighted by Gasteiger charge is -2.24. The molecular formula is C22H29N3O2. The molecule has 0 saturated carbocycles. The molecule has 1 N–H and O–H groups in total. The zero-order valence-electron chi connectivity index (χ0n) is 16.4. The second-order valence-electron chi connectivity index (χ2n) is 7.30. The van der Waals surface area contributed by atoms with E-state index < -0.39 is 0 Å². The van der Waals surface area contributed by atoms with Crippen molar-refractivity contribution in [3.05, 3.63) is 54.1 Å². The van der Waals surface area contributed by atoms with Crippen molar-refractivity contribution in [2.24, 2.45) is 0 Å². The normalized spacial score (nSPS) is 13.7. The fourth-order valence-electron chi connectivity index (χ4n) is 3.35. The van der Waals surface area contributed by atoms with Gasteiger partial charge in [-0.2, -0.15) is 0 Å². The first-order chi connectivity index (χ1) is 13.0. The van der Waals surface area contributed by atoms with E-state index in [-0.39, 0.29) is 12.1 Å². The molecule has 0 spiro atoms. The van der Waals surface area contributed by atoms with Crippen LogP contribution < -0.4 is 15.0 Å². The molecule has 0 unspecified atom stereocenters. The summed E-state index contributed by atoms with van der Waals surface area (Å²) in [5.74, 6) is 0.802. The number of nitrogens with zero attached hydrogens (tertiary/aromatic N) is 2. The summed E-state index contributed by atoms with van der Waals surface area (Å²) in [7, 11) is 1.83. The summed E-state index contributed by atoms with van der Waals surface area (Å²) >= 11 is 0. The number of hydrogen-bond acceptors (Lipinski definition) is 3. The molecule has 144 valence electrons. The van der Waals surface area contributed by atoms with Gasteiger partial charge in [0.15, 0.2) is 0 Å². The molecule has 0 bridgehead atoms. The Bertz CT molecular complexity index is 752. The fourth-order valence-corrected chi connectivity index (χ4v) is 3.35. The summed E-state index contributed by atoms with van der Waals surface area (Å²) in [4.78, 5) is 16.7. The molecule has 2 amide bonds. The molecule has 0 radical (unpaired) electrons. The number of benzene rings is 2. The van der Waals surface area contributed by atoms with Crippen LogP contribution >= 0.6 is 0 Å². The Morgan fingerprint density at radius 3 is 2.44 bits per heavy atom. The van der Waals surface area contributed by atoms with Crippen molar-refractivity contribution in [2.75, 3.05) is 30.4 Å². The van der Waals surface area contributed by atoms with Crippen LogP contribution in [0.4, 0.5) is 16.2 Å². The van der Waals surface area contributed by atoms with Gasteiger partial charge in [-0.1, -0.05) is 18.2 Å². The van der Waals surface area contributed by atoms with E-state index in [2.05, 4.69) is 28.4 Å². The largest absolute Gasteiger partial charge is 0.491 e. The molecule has 1 fully saturated rings. The number of hydrogen-bond donors (Lipinski definition) is 1. The maximum Gasteiger partial charge on any atom is 0.321 e. The average Bonchev–Trinajstić information content (AvgIpc) is 3.18. The Kier molecular flexibility index (Phi) is 6.22. The monoisotopic (exact) mass is 367 g/mol. The van der Waals surface area contributed by atoms with E-state index >= 15 is 0 Å². The Morgan fingerprint density at radius 2 is 1.78 bits per heavy atom. The maximum absolute atomic E-state index is 12.6. The molecule has 0 atom stereocenters. The molecule has 1 heterocycles. The maximum atomic E-state index is 12.6. The Hall–Kier alpha value is -2.69. The summed E-state index contributed by atoms with van der Waals surface area (Å²) in [5.41, 5.74) is 3.18. The van der Waals surface area contributed by atoms with Gasteiger partial charge in [0.05, 0.1) is 6.10 Å². The topological polar surface area (TPSA) is 44.8 Å². The molecule has 1 aliphatic rings. The predicted octanol–water partition coefficient (Wildman–Crippen LogP) is 4.74. The highest BCUT2D eigenvalue weighted by atomic mass is 16.5. The van der Waals surface area contributed by atoms with Crippen molar-refractivity contribution in [3.8, 4) is 5.75 Å². The second kappa shape index (κ2) is 8.80. The van der Waals surface area contributed by atoms with Crippen LogP contribution in [0, 0.1) is 0 Å². The van der Waals surface area contributed by atoms with Gasteiger partial charge in [0.1, 0.15) is 5.75 Å². The summed E-state index contributed by atoms with van der Waals surface area (Å²) in [6, 6.07) is 15.7. The van der Waals surface area contributed by atoms with Crippen molar-refractivity contribution in [3.63, 3.8) is 0 Å². The third-order valence-electron chi connectivity index (χ3n) is 4.67. The van der Waals surface area contributed by atoms with Gasteiger partial charge in [-0.05, 0) is 62.6 Å². The predicted molar refractivity (Wildman–Crippen MR) is 111 cm³/mol. The summed E-state index contributed by atoms with van der Waals surface area (Å²) in [6.45, 7) is 6.75. The summed E-state index contributed by atoms with van der Waals surface area (Å²) in [6.07, 6.45) is 2.61. The first-order valence-electron chi connectivity index (χ1n) is 9.64. The van der Waals surface area contributed by atoms with Crippen LogP contribution in [0.15, 0.2) is 48.5 Å². The minimum Gasteiger partial charge on any atom is -0.491 e. The van der Waals surface area contributed by atoms with Crippen molar-refractivity contribution in [2.45, 2.75) is 39.3 Å². The van der Waals surface area contributed by atoms with Gasteiger partial charge in [0.25, 0.3) is 0 Å². The molecule has 0 aliphatic carbocycles. The zero-order valence-corrected chi connectivity index (χ0v) is 16.4. The highest BCUT2D eigenvalue weighted by Gasteiger charge is 2.17. The molecule has 27 heavy (non-hydrogen) atoms. The van der Waals surface area contributed by atoms with E-state index in [1.54, 1.807) is 4.90 Å². The molecule has 2 aromatic carbocycles. The van der Waals surface area contributed by atoms with Gasteiger partial charge in [0, 0.05) is 38.1 Å². The first kappa shape index (κ1) is 19.1. The Labute approximate surface area is 161 Å². The zero-order chi connectivity index (χ0) is 19.2. The van der Waals surface area contributed by atoms with E-state index in [4.69, 9.17) is 4.74 Å². The van der Waals surface area contributed by atoms with Gasteiger partial charge in [-0.25, -0.2) is 4.79 Å². The van der Waals surface area contributed by atoms with Gasteiger partial charge in [-0.15, -0.1) is 0 Å². The number of carbonyl (C=O) groups excluding carboxylic acids is 1. The fraction of sp³-hybridized carbons (Fsp3) is 0.409. The van der Waals surface area contributed by atoms with Crippen LogP contribution in [0.5, 0.6) is 5.75 Å². The van der Waals surface area contributed by atoms with Gasteiger partial charge >= 0.3 is 6.03 Å². The molecule has 3 rings (SSSR count). The molecule has 5 nitrogen and oxygen atoms in total. The van der Waals surface area contributed by atoms with Gasteiger partial charge < -0.3 is 19.9 Å². The summed E-state index contributed by atoms with van der Waals surface area (Å²) < 4.78 is 5.63. The lowest BCUT2D eigenvalue weighted by Crippen LogP contribution is -2.31. The van der Waals surface area contributed by atoms with Crippen LogP contribution in [0.1, 0.15) is 32.3 Å². The molecule has 5 heteroatoms. The standard InChI is InChI=1S/C22H29N3O2/c1-17(2)27-20-12-10-19(11-13-20)23-22(26)24(3)16-18-8-4-5-9-21(18)25-14-6-7-15-25/h4-5,8-13,17H,6-7,14-16H2,1-3H3,(H,23,26). The lowest BCUT2D eigenvalue weighted by atomic mass is 10.1. The number of para-hydroxylation sites is 1.